The van der Waals surface area contributed by atoms with Crippen molar-refractivity contribution in [2.75, 3.05) is 10.3 Å². The van der Waals surface area contributed by atoms with Crippen molar-refractivity contribution < 1.29 is 14.7 Å². The molecule has 0 aromatic heterocycles. The van der Waals surface area contributed by atoms with Crippen LogP contribution >= 0.6 is 0 Å². The molecular weight excluding hydrogens is 330 g/mol. The summed E-state index contributed by atoms with van der Waals surface area (Å²) in [6.45, 7) is 3.84. The number of carbonyl (C=O) groups is 2. The fourth-order valence-corrected chi connectivity index (χ4v) is 2.72. The molecule has 0 spiro atoms. The molecule has 2 aromatic rings. The van der Waals surface area contributed by atoms with Crippen LogP contribution in [0.1, 0.15) is 29.8 Å². The average molecular weight is 349 g/mol. The zero-order chi connectivity index (χ0) is 18.7. The Morgan fingerprint density at radius 3 is 2.54 bits per heavy atom. The van der Waals surface area contributed by atoms with Gasteiger partial charge >= 0.3 is 5.97 Å². The van der Waals surface area contributed by atoms with Crippen molar-refractivity contribution >= 4 is 29.0 Å². The molecule has 0 saturated carbocycles. The lowest BCUT2D eigenvalue weighted by atomic mass is 10.1. The smallest absolute Gasteiger partial charge is 0.335 e. The number of nitrogens with zero attached hydrogens (tertiary/aromatic N) is 2. The molecule has 2 N–H and O–H groups in total. The van der Waals surface area contributed by atoms with Crippen molar-refractivity contribution in [2.24, 2.45) is 5.10 Å². The van der Waals surface area contributed by atoms with E-state index in [1.54, 1.807) is 25.3 Å². The third kappa shape index (κ3) is 3.35. The van der Waals surface area contributed by atoms with E-state index in [2.05, 4.69) is 17.3 Å². The number of amides is 1. The number of anilines is 2. The molecule has 1 aliphatic rings. The molecule has 0 bridgehead atoms. The number of aryl methyl sites for hydroxylation is 1. The number of hydrazone groups is 1. The van der Waals surface area contributed by atoms with E-state index in [-0.39, 0.29) is 11.5 Å². The number of benzene rings is 2. The first-order valence-electron chi connectivity index (χ1n) is 8.29. The van der Waals surface area contributed by atoms with Crippen molar-refractivity contribution in [1.29, 1.82) is 0 Å². The highest BCUT2D eigenvalue weighted by molar-refractivity contribution is 6.29. The number of carboxylic acid groups (broad SMARTS) is 1. The Morgan fingerprint density at radius 1 is 1.19 bits per heavy atom. The van der Waals surface area contributed by atoms with Crippen LogP contribution in [0.4, 0.5) is 11.4 Å². The summed E-state index contributed by atoms with van der Waals surface area (Å²) in [6.07, 6.45) is 2.55. The Bertz CT molecular complexity index is 914. The lowest BCUT2D eigenvalue weighted by Gasteiger charge is -2.12. The Morgan fingerprint density at radius 2 is 1.88 bits per heavy atom. The summed E-state index contributed by atoms with van der Waals surface area (Å²) < 4.78 is 0. The number of carbonyl (C=O) groups excluding carboxylic acids is 1. The van der Waals surface area contributed by atoms with Gasteiger partial charge in [0.1, 0.15) is 0 Å². The van der Waals surface area contributed by atoms with Crippen LogP contribution in [0.5, 0.6) is 0 Å². The van der Waals surface area contributed by atoms with Gasteiger partial charge in [0.05, 0.1) is 22.5 Å². The summed E-state index contributed by atoms with van der Waals surface area (Å²) in [6, 6.07) is 14.0. The summed E-state index contributed by atoms with van der Waals surface area (Å²) in [5.41, 5.74) is 3.86. The highest BCUT2D eigenvalue weighted by Crippen LogP contribution is 2.24. The predicted octanol–water partition coefficient (Wildman–Crippen LogP) is 3.67. The van der Waals surface area contributed by atoms with Gasteiger partial charge in [-0.3, -0.25) is 4.79 Å². The van der Waals surface area contributed by atoms with Gasteiger partial charge in [0.2, 0.25) is 0 Å². The number of aromatic carboxylic acids is 1. The highest BCUT2D eigenvalue weighted by atomic mass is 16.4. The average Bonchev–Trinajstić information content (AvgIpc) is 2.94. The predicted molar refractivity (Wildman–Crippen MR) is 102 cm³/mol. The van der Waals surface area contributed by atoms with E-state index in [1.807, 2.05) is 24.3 Å². The second-order valence-electron chi connectivity index (χ2n) is 5.87. The number of hydrogen-bond donors (Lipinski definition) is 2. The molecule has 3 rings (SSSR count). The summed E-state index contributed by atoms with van der Waals surface area (Å²) in [5.74, 6) is -1.27. The molecule has 0 aliphatic carbocycles. The normalized spacial score (nSPS) is 15.3. The van der Waals surface area contributed by atoms with Gasteiger partial charge in [-0.25, -0.2) is 4.79 Å². The summed E-state index contributed by atoms with van der Waals surface area (Å²) >= 11 is 0. The first-order valence-corrected chi connectivity index (χ1v) is 8.29. The topological polar surface area (TPSA) is 82.0 Å². The Hall–Kier alpha value is -3.41. The lowest BCUT2D eigenvalue weighted by Crippen LogP contribution is -2.21. The van der Waals surface area contributed by atoms with Crippen LogP contribution in [0.15, 0.2) is 65.4 Å². The molecular formula is C20H19N3O3. The Kier molecular flexibility index (Phi) is 4.84. The van der Waals surface area contributed by atoms with E-state index in [0.717, 1.165) is 17.7 Å². The minimum absolute atomic E-state index is 0.162. The number of nitrogens with one attached hydrogen (secondary N) is 1. The highest BCUT2D eigenvalue weighted by Gasteiger charge is 2.28. The first-order chi connectivity index (χ1) is 12.5. The fraction of sp³-hybridized carbons (Fsp3) is 0.150. The van der Waals surface area contributed by atoms with Gasteiger partial charge in [-0.15, -0.1) is 0 Å². The second-order valence-corrected chi connectivity index (χ2v) is 5.87. The van der Waals surface area contributed by atoms with Gasteiger partial charge < -0.3 is 10.4 Å². The van der Waals surface area contributed by atoms with Crippen molar-refractivity contribution in [3.05, 3.63) is 71.4 Å². The monoisotopic (exact) mass is 349 g/mol. The molecule has 1 heterocycles. The van der Waals surface area contributed by atoms with Crippen LogP contribution in [0.3, 0.4) is 0 Å². The zero-order valence-electron chi connectivity index (χ0n) is 14.6. The van der Waals surface area contributed by atoms with Crippen molar-refractivity contribution in [3.63, 3.8) is 0 Å². The maximum absolute atomic E-state index is 12.7. The lowest BCUT2D eigenvalue weighted by molar-refractivity contribution is -0.114. The number of hydrogen-bond acceptors (Lipinski definition) is 4. The molecule has 0 radical (unpaired) electrons. The molecule has 132 valence electrons. The van der Waals surface area contributed by atoms with E-state index >= 15 is 0 Å². The Labute approximate surface area is 151 Å². The van der Waals surface area contributed by atoms with Gasteiger partial charge in [0, 0.05) is 11.9 Å². The summed E-state index contributed by atoms with van der Waals surface area (Å²) in [4.78, 5) is 23.6. The first kappa shape index (κ1) is 17.4. The van der Waals surface area contributed by atoms with E-state index in [9.17, 15) is 9.59 Å². The van der Waals surface area contributed by atoms with Gasteiger partial charge in [-0.05, 0) is 49.2 Å². The molecule has 6 heteroatoms. The molecule has 26 heavy (non-hydrogen) atoms. The molecule has 0 fully saturated rings. The summed E-state index contributed by atoms with van der Waals surface area (Å²) in [5, 5.41) is 17.7. The van der Waals surface area contributed by atoms with Crippen LogP contribution in [-0.2, 0) is 11.2 Å². The SMILES string of the molecule is CCc1ccccc1NC=C1C(=O)N(c2ccc(C(=O)O)cc2)N=C1C. The fourth-order valence-electron chi connectivity index (χ4n) is 2.72. The van der Waals surface area contributed by atoms with Gasteiger partial charge in [-0.2, -0.15) is 10.1 Å². The van der Waals surface area contributed by atoms with Crippen LogP contribution in [0, 0.1) is 0 Å². The number of rotatable bonds is 5. The molecule has 6 nitrogen and oxygen atoms in total. The second kappa shape index (κ2) is 7.23. The number of para-hydroxylation sites is 1. The number of carboxylic acids is 1. The largest absolute Gasteiger partial charge is 0.478 e. The Balaban J connectivity index is 1.82. The van der Waals surface area contributed by atoms with Gasteiger partial charge in [0.25, 0.3) is 5.91 Å². The van der Waals surface area contributed by atoms with E-state index in [1.165, 1.54) is 17.1 Å². The maximum atomic E-state index is 12.7. The van der Waals surface area contributed by atoms with Crippen LogP contribution in [0.2, 0.25) is 0 Å². The van der Waals surface area contributed by atoms with Crippen molar-refractivity contribution in [3.8, 4) is 0 Å². The van der Waals surface area contributed by atoms with Crippen LogP contribution in [-0.4, -0.2) is 22.7 Å². The molecule has 1 amide bonds. The van der Waals surface area contributed by atoms with Gasteiger partial charge in [-0.1, -0.05) is 25.1 Å². The quantitative estimate of drug-likeness (QED) is 0.807. The third-order valence-electron chi connectivity index (χ3n) is 4.19. The molecule has 2 aromatic carbocycles. The van der Waals surface area contributed by atoms with E-state index in [0.29, 0.717) is 17.0 Å². The third-order valence-corrected chi connectivity index (χ3v) is 4.19. The van der Waals surface area contributed by atoms with E-state index < -0.39 is 5.97 Å². The van der Waals surface area contributed by atoms with Crippen LogP contribution in [0.25, 0.3) is 0 Å². The molecule has 0 saturated heterocycles. The van der Waals surface area contributed by atoms with E-state index in [4.69, 9.17) is 5.11 Å². The molecule has 0 unspecified atom stereocenters. The standard InChI is InChI=1S/C20H19N3O3/c1-3-14-6-4-5-7-18(14)21-12-17-13(2)22-23(19(17)24)16-10-8-15(9-11-16)20(25)26/h4-12,21H,3H2,1-2H3,(H,25,26). The zero-order valence-corrected chi connectivity index (χ0v) is 14.6. The van der Waals surface area contributed by atoms with Crippen molar-refractivity contribution in [1.82, 2.24) is 0 Å². The minimum atomic E-state index is -1.01. The minimum Gasteiger partial charge on any atom is -0.478 e. The maximum Gasteiger partial charge on any atom is 0.335 e. The molecule has 1 aliphatic heterocycles. The summed E-state index contributed by atoms with van der Waals surface area (Å²) in [7, 11) is 0. The van der Waals surface area contributed by atoms with Crippen molar-refractivity contribution in [2.45, 2.75) is 20.3 Å². The van der Waals surface area contributed by atoms with Gasteiger partial charge in [0.15, 0.2) is 0 Å². The molecule has 0 atom stereocenters. The van der Waals surface area contributed by atoms with Crippen LogP contribution < -0.4 is 10.3 Å².